The number of urea groups is 6. The summed E-state index contributed by atoms with van der Waals surface area (Å²) in [7, 11) is -5.17. The fourth-order valence-electron chi connectivity index (χ4n) is 13.3. The van der Waals surface area contributed by atoms with Crippen LogP contribution in [0.15, 0.2) is 136 Å². The number of amides is 12. The Morgan fingerprint density at radius 1 is 0.272 bits per heavy atom. The topological polar surface area (TPSA) is 334 Å². The lowest BCUT2D eigenvalue weighted by molar-refractivity contribution is -0.929. The molecule has 0 bridgehead atoms. The van der Waals surface area contributed by atoms with Crippen LogP contribution in [0.2, 0.25) is 0 Å². The molecule has 0 aliphatic carbocycles. The molecule has 26 nitrogen and oxygen atoms in total. The largest absolute Gasteiger partial charge is 0.759 e. The van der Waals surface area contributed by atoms with Gasteiger partial charge >= 0.3 is 36.2 Å². The number of aryl methyl sites for hydroxylation is 6. The average Bonchev–Trinajstić information content (AvgIpc) is 0.878. The summed E-state index contributed by atoms with van der Waals surface area (Å²) >= 11 is 20.8. The van der Waals surface area contributed by atoms with Crippen LogP contribution in [0.1, 0.15) is 192 Å². The predicted octanol–water partition coefficient (Wildman–Crippen LogP) is 22.6. The Hall–Kier alpha value is -6.47. The molecule has 0 radical (unpaired) electrons. The molecule has 0 aliphatic heterocycles. The summed E-state index contributed by atoms with van der Waals surface area (Å²) in [4.78, 5) is 78.8. The second-order valence-electron chi connectivity index (χ2n) is 31.5. The maximum absolute atomic E-state index is 12.4. The summed E-state index contributed by atoms with van der Waals surface area (Å²) in [5, 5.41) is 34.2. The molecule has 12 N–H and O–H groups in total. The number of carbonyl (C=O) groups is 6. The first-order valence-electron chi connectivity index (χ1n) is 44.2. The molecule has 0 aromatic heterocycles. The van der Waals surface area contributed by atoms with Gasteiger partial charge in [-0.2, -0.15) is 0 Å². The van der Waals surface area contributed by atoms with Gasteiger partial charge in [0.15, 0.2) is 0 Å². The number of hydrogen-bond donors (Lipinski definition) is 12. The molecule has 0 fully saturated rings. The highest BCUT2D eigenvalue weighted by molar-refractivity contribution is 9.11. The van der Waals surface area contributed by atoms with Gasteiger partial charge in [-0.25, -0.2) is 28.8 Å². The van der Waals surface area contributed by atoms with Crippen molar-refractivity contribution in [1.29, 1.82) is 0 Å². The molecule has 6 rings (SSSR count). The van der Waals surface area contributed by atoms with Gasteiger partial charge in [0, 0.05) is 150 Å². The Labute approximate surface area is 798 Å². The molecule has 12 amide bonds. The van der Waals surface area contributed by atoms with Crippen molar-refractivity contribution < 1.29 is 55.3 Å². The van der Waals surface area contributed by atoms with Gasteiger partial charge in [0.2, 0.25) is 0 Å². The second kappa shape index (κ2) is 66.0. The van der Waals surface area contributed by atoms with E-state index in [0.29, 0.717) is 113 Å². The van der Waals surface area contributed by atoms with E-state index in [-0.39, 0.29) is 36.2 Å². The zero-order valence-electron chi connectivity index (χ0n) is 76.4. The van der Waals surface area contributed by atoms with Gasteiger partial charge in [0.25, 0.3) is 0 Å². The summed E-state index contributed by atoms with van der Waals surface area (Å²) in [6.07, 6.45) is 22.1. The molecule has 0 aliphatic rings. The van der Waals surface area contributed by atoms with Gasteiger partial charge < -0.3 is 81.9 Å². The van der Waals surface area contributed by atoms with Crippen molar-refractivity contribution in [2.45, 2.75) is 200 Å². The Morgan fingerprint density at radius 3 is 0.512 bits per heavy atom. The molecule has 6 aromatic carbocycles. The van der Waals surface area contributed by atoms with Crippen molar-refractivity contribution in [1.82, 2.24) is 41.7 Å². The minimum absolute atomic E-state index is 0.314. The Bertz CT molecular complexity index is 3600. The van der Waals surface area contributed by atoms with Crippen molar-refractivity contribution in [2.75, 3.05) is 163 Å². The van der Waals surface area contributed by atoms with Crippen LogP contribution in [0.25, 0.3) is 0 Å². The van der Waals surface area contributed by atoms with E-state index in [9.17, 15) is 28.8 Å². The number of halogens is 6. The molecular weight excluding hydrogens is 2000 g/mol. The van der Waals surface area contributed by atoms with E-state index in [1.165, 1.54) is 164 Å². The number of anilines is 6. The molecule has 33 heteroatoms. The highest BCUT2D eigenvalue weighted by Crippen LogP contribution is 2.27. The Morgan fingerprint density at radius 2 is 0.400 bits per heavy atom. The zero-order chi connectivity index (χ0) is 93.2. The van der Waals surface area contributed by atoms with Crippen molar-refractivity contribution in [3.8, 4) is 0 Å². The van der Waals surface area contributed by atoms with Crippen LogP contribution in [0.4, 0.5) is 62.9 Å². The maximum Gasteiger partial charge on any atom is 0.319 e. The SMILES string of the molecule is CCCC[N+](CCCC)(CCCC)CCCC.CCCC[N+](CCCC)(CCCC)CCCC.Cc1cc(NC(=O)NCCN(CCNC(=O)Nc2ccc(Br)c(C)c2)CCNC(=O)Nc2ccc(Br)c(C)c2)ccc1Br.Cc1cc(NC(=O)NCCN(CCNC(=O)Nc2ccc(Br)c(C)c2)CCNC(=O)Nc2ccc(Br)c(C)c2)ccc1Br.O=S(=O)([O-])[O-]. The minimum Gasteiger partial charge on any atom is -0.759 e. The third-order valence-electron chi connectivity index (χ3n) is 20.7. The third kappa shape index (κ3) is 53.3. The monoisotopic (exact) mass is 2140 g/mol. The highest BCUT2D eigenvalue weighted by atomic mass is 79.9. The molecular formula is C92H144Br6N16O10S. The molecule has 0 saturated carbocycles. The van der Waals surface area contributed by atoms with E-state index in [2.05, 4.69) is 225 Å². The molecule has 6 aromatic rings. The van der Waals surface area contributed by atoms with E-state index in [1.807, 2.05) is 151 Å². The summed E-state index contributed by atoms with van der Waals surface area (Å²) in [5.74, 6) is 0. The van der Waals surface area contributed by atoms with Crippen molar-refractivity contribution in [3.05, 3.63) is 169 Å². The number of hydrogen-bond acceptors (Lipinski definition) is 12. The first-order chi connectivity index (χ1) is 59.5. The van der Waals surface area contributed by atoms with Crippen molar-refractivity contribution in [2.24, 2.45) is 0 Å². The minimum atomic E-state index is -5.17. The average molecular weight is 2150 g/mol. The third-order valence-corrected chi connectivity index (χ3v) is 26.0. The fourth-order valence-corrected chi connectivity index (χ4v) is 14.8. The van der Waals surface area contributed by atoms with Crippen LogP contribution in [0, 0.1) is 41.5 Å². The zero-order valence-corrected chi connectivity index (χ0v) is 86.7. The van der Waals surface area contributed by atoms with Crippen LogP contribution in [0.3, 0.4) is 0 Å². The lowest BCUT2D eigenvalue weighted by Crippen LogP contribution is -2.50. The van der Waals surface area contributed by atoms with Gasteiger partial charge in [-0.05, 0) is 235 Å². The van der Waals surface area contributed by atoms with E-state index in [4.69, 9.17) is 17.5 Å². The summed E-state index contributed by atoms with van der Waals surface area (Å²) in [5.41, 5.74) is 10.3. The number of carbonyl (C=O) groups excluding carboxylic acids is 6. The molecule has 0 spiro atoms. The molecule has 0 saturated heterocycles. The standard InChI is InChI=1S/2C30H36Br3N7O3.2C16H36N.H2O4S/c2*1-19-16-22(4-7-25(19)31)37-28(41)34-10-13-40(14-11-35-29(42)38-23-5-8-26(32)20(2)17-23)15-12-36-30(43)39-24-6-9-27(33)21(3)18-24;2*1-5-9-13-17(14-10-6-2,15-11-7-3)16-12-8-4;1-5(2,3)4/h2*4-9,16-18H,10-15H2,1-3H3,(H2,34,37,41)(H2,35,38,42)(H2,36,39,43);2*5-16H2,1-4H3;(H2,1,2,3,4)/q;;2*+1;/p-2. The summed E-state index contributed by atoms with van der Waals surface area (Å²) in [6.45, 7) is 47.0. The first kappa shape index (κ1) is 115. The number of benzene rings is 6. The first-order valence-corrected chi connectivity index (χ1v) is 50.3. The summed E-state index contributed by atoms with van der Waals surface area (Å²) in [6, 6.07) is 31.6. The van der Waals surface area contributed by atoms with Gasteiger partial charge in [0.05, 0.1) is 52.4 Å². The number of nitrogens with zero attached hydrogens (tertiary/aromatic N) is 4. The van der Waals surface area contributed by atoms with E-state index < -0.39 is 10.4 Å². The number of unbranched alkanes of at least 4 members (excludes halogenated alkanes) is 8. The van der Waals surface area contributed by atoms with Gasteiger partial charge in [0.1, 0.15) is 0 Å². The van der Waals surface area contributed by atoms with Gasteiger partial charge in [-0.1, -0.05) is 202 Å². The fraction of sp³-hybridized carbons (Fsp3) is 0.543. The molecule has 0 atom stereocenters. The molecule has 0 heterocycles. The Balaban J connectivity index is 0.000000599. The van der Waals surface area contributed by atoms with E-state index >= 15 is 0 Å². The van der Waals surface area contributed by atoms with Gasteiger partial charge in [-0.3, -0.25) is 18.2 Å². The number of rotatable bonds is 48. The highest BCUT2D eigenvalue weighted by Gasteiger charge is 2.27. The van der Waals surface area contributed by atoms with Crippen LogP contribution in [-0.4, -0.2) is 203 Å². The Kier molecular flexibility index (Phi) is 60.5. The van der Waals surface area contributed by atoms with Crippen molar-refractivity contribution in [3.63, 3.8) is 0 Å². The van der Waals surface area contributed by atoms with Crippen LogP contribution >= 0.6 is 95.6 Å². The van der Waals surface area contributed by atoms with E-state index in [1.54, 1.807) is 0 Å². The van der Waals surface area contributed by atoms with Gasteiger partial charge in [-0.15, -0.1) is 0 Å². The maximum atomic E-state index is 12.4. The normalized spacial score (nSPS) is 11.1. The summed E-state index contributed by atoms with van der Waals surface area (Å²) < 4.78 is 42.7. The van der Waals surface area contributed by atoms with E-state index in [0.717, 1.165) is 60.2 Å². The second-order valence-corrected chi connectivity index (χ2v) is 37.4. The van der Waals surface area contributed by atoms with Crippen LogP contribution < -0.4 is 63.8 Å². The van der Waals surface area contributed by atoms with Crippen LogP contribution in [0.5, 0.6) is 0 Å². The predicted molar refractivity (Wildman–Crippen MR) is 537 cm³/mol. The molecule has 125 heavy (non-hydrogen) atoms. The lowest BCUT2D eigenvalue weighted by Gasteiger charge is -2.39. The molecule has 0 unspecified atom stereocenters. The molecule has 700 valence electrons. The smallest absolute Gasteiger partial charge is 0.319 e. The van der Waals surface area contributed by atoms with Crippen molar-refractivity contribution >= 4 is 176 Å². The number of nitrogens with one attached hydrogen (secondary N) is 12. The lowest BCUT2D eigenvalue weighted by atomic mass is 10.1. The van der Waals surface area contributed by atoms with Crippen LogP contribution in [-0.2, 0) is 10.4 Å². The quantitative estimate of drug-likeness (QED) is 0.00964. The number of quaternary nitrogens is 2.